The molecule has 1 saturated heterocycles. The number of piperidine rings is 1. The summed E-state index contributed by atoms with van der Waals surface area (Å²) in [4.78, 5) is 14.7. The SMILES string of the molecule is CCCN1CCCC(C(=O)c2ccc(OC(F)(F)F)cc2)C1. The standard InChI is InChI=1S/C16H20F3NO2/c1-2-9-20-10-3-4-13(11-20)15(21)12-5-7-14(8-6-12)22-16(17,18)19/h5-8,13H,2-4,9-11H2,1H3. The average molecular weight is 315 g/mol. The Kier molecular flexibility index (Phi) is 5.45. The number of likely N-dealkylation sites (tertiary alicyclic amines) is 1. The van der Waals surface area contributed by atoms with E-state index in [9.17, 15) is 18.0 Å². The van der Waals surface area contributed by atoms with Gasteiger partial charge in [-0.25, -0.2) is 0 Å². The van der Waals surface area contributed by atoms with Crippen molar-refractivity contribution in [3.63, 3.8) is 0 Å². The van der Waals surface area contributed by atoms with E-state index in [1.165, 1.54) is 24.3 Å². The molecule has 0 bridgehead atoms. The first-order valence-electron chi connectivity index (χ1n) is 7.51. The molecule has 1 heterocycles. The molecule has 1 aromatic rings. The summed E-state index contributed by atoms with van der Waals surface area (Å²) in [6.45, 7) is 4.82. The highest BCUT2D eigenvalue weighted by atomic mass is 19.4. The second-order valence-electron chi connectivity index (χ2n) is 5.58. The van der Waals surface area contributed by atoms with Crippen molar-refractivity contribution < 1.29 is 22.7 Å². The van der Waals surface area contributed by atoms with Crippen molar-refractivity contribution in [2.75, 3.05) is 19.6 Å². The number of halogens is 3. The molecular formula is C16H20F3NO2. The number of hydrogen-bond acceptors (Lipinski definition) is 3. The average Bonchev–Trinajstić information content (AvgIpc) is 2.46. The second-order valence-corrected chi connectivity index (χ2v) is 5.58. The smallest absolute Gasteiger partial charge is 0.406 e. The van der Waals surface area contributed by atoms with E-state index in [0.29, 0.717) is 5.56 Å². The Morgan fingerprint density at radius 3 is 2.59 bits per heavy atom. The van der Waals surface area contributed by atoms with Crippen molar-refractivity contribution in [3.05, 3.63) is 29.8 Å². The Hall–Kier alpha value is -1.56. The molecule has 1 aliphatic rings. The third-order valence-corrected chi connectivity index (χ3v) is 3.79. The molecule has 0 aliphatic carbocycles. The van der Waals surface area contributed by atoms with E-state index in [1.54, 1.807) is 0 Å². The van der Waals surface area contributed by atoms with Gasteiger partial charge in [-0.1, -0.05) is 6.92 Å². The molecule has 6 heteroatoms. The number of ketones is 1. The molecule has 0 radical (unpaired) electrons. The number of hydrogen-bond donors (Lipinski definition) is 0. The monoisotopic (exact) mass is 315 g/mol. The highest BCUT2D eigenvalue weighted by Crippen LogP contribution is 2.25. The predicted molar refractivity (Wildman–Crippen MR) is 76.9 cm³/mol. The number of alkyl halides is 3. The number of rotatable bonds is 5. The molecule has 1 aromatic carbocycles. The van der Waals surface area contributed by atoms with Gasteiger partial charge in [0.25, 0.3) is 0 Å². The third kappa shape index (κ3) is 4.73. The Labute approximate surface area is 128 Å². The zero-order valence-corrected chi connectivity index (χ0v) is 12.5. The van der Waals surface area contributed by atoms with Crippen LogP contribution in [-0.4, -0.2) is 36.7 Å². The van der Waals surface area contributed by atoms with E-state index in [4.69, 9.17) is 0 Å². The molecule has 122 valence electrons. The summed E-state index contributed by atoms with van der Waals surface area (Å²) < 4.78 is 40.1. The molecule has 1 atom stereocenters. The van der Waals surface area contributed by atoms with Crippen molar-refractivity contribution in [2.24, 2.45) is 5.92 Å². The van der Waals surface area contributed by atoms with Gasteiger partial charge in [0.05, 0.1) is 0 Å². The lowest BCUT2D eigenvalue weighted by atomic mass is 9.90. The molecule has 0 saturated carbocycles. The number of benzene rings is 1. The summed E-state index contributed by atoms with van der Waals surface area (Å²) in [7, 11) is 0. The van der Waals surface area contributed by atoms with E-state index in [-0.39, 0.29) is 17.5 Å². The number of nitrogens with zero attached hydrogens (tertiary/aromatic N) is 1. The second kappa shape index (κ2) is 7.13. The highest BCUT2D eigenvalue weighted by Gasteiger charge is 2.31. The first kappa shape index (κ1) is 16.8. The maximum absolute atomic E-state index is 12.5. The Morgan fingerprint density at radius 2 is 2.00 bits per heavy atom. The molecule has 0 N–H and O–H groups in total. The fraction of sp³-hybridized carbons (Fsp3) is 0.562. The summed E-state index contributed by atoms with van der Waals surface area (Å²) >= 11 is 0. The van der Waals surface area contributed by atoms with Gasteiger partial charge in [0.2, 0.25) is 0 Å². The van der Waals surface area contributed by atoms with E-state index >= 15 is 0 Å². The van der Waals surface area contributed by atoms with Crippen LogP contribution in [0.1, 0.15) is 36.5 Å². The zero-order valence-electron chi connectivity index (χ0n) is 12.5. The minimum absolute atomic E-state index is 0.000591. The minimum atomic E-state index is -4.71. The molecule has 1 aliphatic heterocycles. The molecular weight excluding hydrogens is 295 g/mol. The van der Waals surface area contributed by atoms with Crippen LogP contribution in [0.4, 0.5) is 13.2 Å². The van der Waals surface area contributed by atoms with E-state index in [2.05, 4.69) is 16.6 Å². The zero-order chi connectivity index (χ0) is 16.2. The lowest BCUT2D eigenvalue weighted by Gasteiger charge is -2.31. The number of Topliss-reactive ketones (excluding diaryl/α,β-unsaturated/α-hetero) is 1. The summed E-state index contributed by atoms with van der Waals surface area (Å²) in [6, 6.07) is 5.19. The number of ether oxygens (including phenoxy) is 1. The predicted octanol–water partition coefficient (Wildman–Crippen LogP) is 3.89. The van der Waals surface area contributed by atoms with Gasteiger partial charge in [0.1, 0.15) is 5.75 Å². The van der Waals surface area contributed by atoms with Gasteiger partial charge in [-0.05, 0) is 56.6 Å². The van der Waals surface area contributed by atoms with Crippen LogP contribution in [0.15, 0.2) is 24.3 Å². The molecule has 0 amide bonds. The van der Waals surface area contributed by atoms with Gasteiger partial charge >= 0.3 is 6.36 Å². The molecule has 1 unspecified atom stereocenters. The summed E-state index contributed by atoms with van der Waals surface area (Å²) in [6.07, 6.45) is -1.86. The van der Waals surface area contributed by atoms with Gasteiger partial charge in [-0.3, -0.25) is 4.79 Å². The largest absolute Gasteiger partial charge is 0.573 e. The van der Waals surface area contributed by atoms with Gasteiger partial charge in [0.15, 0.2) is 5.78 Å². The fourth-order valence-electron chi connectivity index (χ4n) is 2.85. The van der Waals surface area contributed by atoms with Crippen LogP contribution in [0.5, 0.6) is 5.75 Å². The normalized spacial score (nSPS) is 19.9. The Bertz CT molecular complexity index is 497. The van der Waals surface area contributed by atoms with Gasteiger partial charge in [-0.15, -0.1) is 13.2 Å². The maximum atomic E-state index is 12.5. The van der Waals surface area contributed by atoms with Crippen LogP contribution >= 0.6 is 0 Å². The van der Waals surface area contributed by atoms with Crippen molar-refractivity contribution in [1.82, 2.24) is 4.90 Å². The lowest BCUT2D eigenvalue weighted by Crippen LogP contribution is -2.39. The first-order valence-corrected chi connectivity index (χ1v) is 7.51. The van der Waals surface area contributed by atoms with Crippen molar-refractivity contribution in [3.8, 4) is 5.75 Å². The minimum Gasteiger partial charge on any atom is -0.406 e. The maximum Gasteiger partial charge on any atom is 0.573 e. The molecule has 0 spiro atoms. The topological polar surface area (TPSA) is 29.5 Å². The molecule has 22 heavy (non-hydrogen) atoms. The van der Waals surface area contributed by atoms with Crippen LogP contribution in [0.3, 0.4) is 0 Å². The quantitative estimate of drug-likeness (QED) is 0.772. The van der Waals surface area contributed by atoms with Crippen LogP contribution < -0.4 is 4.74 Å². The van der Waals surface area contributed by atoms with E-state index < -0.39 is 6.36 Å². The van der Waals surface area contributed by atoms with Crippen LogP contribution in [0.25, 0.3) is 0 Å². The number of carbonyl (C=O) groups excluding carboxylic acids is 1. The van der Waals surface area contributed by atoms with Crippen LogP contribution in [0, 0.1) is 5.92 Å². The third-order valence-electron chi connectivity index (χ3n) is 3.79. The van der Waals surface area contributed by atoms with Crippen LogP contribution in [0.2, 0.25) is 0 Å². The van der Waals surface area contributed by atoms with Gasteiger partial charge in [-0.2, -0.15) is 0 Å². The lowest BCUT2D eigenvalue weighted by molar-refractivity contribution is -0.274. The van der Waals surface area contributed by atoms with E-state index in [0.717, 1.165) is 38.9 Å². The van der Waals surface area contributed by atoms with Crippen molar-refractivity contribution in [1.29, 1.82) is 0 Å². The first-order chi connectivity index (χ1) is 10.4. The summed E-state index contributed by atoms with van der Waals surface area (Å²) in [5.74, 6) is -0.380. The Balaban J connectivity index is 2.00. The summed E-state index contributed by atoms with van der Waals surface area (Å²) in [5.41, 5.74) is 0.442. The van der Waals surface area contributed by atoms with E-state index in [1.807, 2.05) is 0 Å². The Morgan fingerprint density at radius 1 is 1.32 bits per heavy atom. The molecule has 3 nitrogen and oxygen atoms in total. The highest BCUT2D eigenvalue weighted by molar-refractivity contribution is 5.98. The van der Waals surface area contributed by atoms with Gasteiger partial charge < -0.3 is 9.64 Å². The molecule has 1 fully saturated rings. The summed E-state index contributed by atoms with van der Waals surface area (Å²) in [5, 5.41) is 0. The molecule has 0 aromatic heterocycles. The fourth-order valence-corrected chi connectivity index (χ4v) is 2.85. The van der Waals surface area contributed by atoms with Crippen molar-refractivity contribution in [2.45, 2.75) is 32.5 Å². The van der Waals surface area contributed by atoms with Crippen molar-refractivity contribution >= 4 is 5.78 Å². The van der Waals surface area contributed by atoms with Gasteiger partial charge in [0, 0.05) is 18.0 Å². The van der Waals surface area contributed by atoms with Crippen LogP contribution in [-0.2, 0) is 0 Å². The number of carbonyl (C=O) groups is 1. The molecule has 2 rings (SSSR count).